The minimum atomic E-state index is 0.607. The summed E-state index contributed by atoms with van der Waals surface area (Å²) in [5, 5.41) is 2.16. The molecule has 1 aliphatic heterocycles. The number of hydrogen-bond acceptors (Lipinski definition) is 4. The first kappa shape index (κ1) is 15.7. The van der Waals surface area contributed by atoms with Gasteiger partial charge in [-0.25, -0.2) is 9.97 Å². The third kappa shape index (κ3) is 3.67. The summed E-state index contributed by atoms with van der Waals surface area (Å²) >= 11 is 5.37. The van der Waals surface area contributed by atoms with Crippen molar-refractivity contribution in [1.82, 2.24) is 14.9 Å². The Balaban J connectivity index is 1.45. The van der Waals surface area contributed by atoms with Gasteiger partial charge in [-0.3, -0.25) is 4.90 Å². The fraction of sp³-hybridized carbons (Fsp3) is 0.556. The zero-order valence-electron chi connectivity index (χ0n) is 13.3. The van der Waals surface area contributed by atoms with E-state index < -0.39 is 0 Å². The monoisotopic (exact) mass is 391 g/mol. The molecule has 0 atom stereocenters. The standard InChI is InChI=1S/C18H22BrN3S/c19-15-8-16(23-12-15)11-22-7-6-17-14(10-22)9-20-18(21-17)13-4-2-1-3-5-13/h8-9,12-13H,1-7,10-11H2. The van der Waals surface area contributed by atoms with Gasteiger partial charge in [0.25, 0.3) is 0 Å². The molecule has 0 amide bonds. The van der Waals surface area contributed by atoms with E-state index >= 15 is 0 Å². The van der Waals surface area contributed by atoms with Crippen molar-refractivity contribution >= 4 is 27.3 Å². The molecule has 1 saturated carbocycles. The highest BCUT2D eigenvalue weighted by atomic mass is 79.9. The highest BCUT2D eigenvalue weighted by Crippen LogP contribution is 2.31. The predicted molar refractivity (Wildman–Crippen MR) is 97.7 cm³/mol. The number of aromatic nitrogens is 2. The van der Waals surface area contributed by atoms with Crippen LogP contribution in [0.5, 0.6) is 0 Å². The van der Waals surface area contributed by atoms with E-state index in [1.54, 1.807) is 0 Å². The fourth-order valence-electron chi connectivity index (χ4n) is 3.74. The molecule has 0 saturated heterocycles. The van der Waals surface area contributed by atoms with E-state index in [0.29, 0.717) is 5.92 Å². The highest BCUT2D eigenvalue weighted by molar-refractivity contribution is 9.10. The summed E-state index contributed by atoms with van der Waals surface area (Å²) in [4.78, 5) is 13.6. The average molecular weight is 392 g/mol. The molecule has 4 rings (SSSR count). The van der Waals surface area contributed by atoms with Crippen LogP contribution in [0.3, 0.4) is 0 Å². The molecule has 0 aromatic carbocycles. The lowest BCUT2D eigenvalue weighted by molar-refractivity contribution is 0.244. The number of fused-ring (bicyclic) bond motifs is 1. The van der Waals surface area contributed by atoms with Crippen molar-refractivity contribution < 1.29 is 0 Å². The van der Waals surface area contributed by atoms with Gasteiger partial charge in [0.1, 0.15) is 5.82 Å². The molecule has 0 radical (unpaired) electrons. The predicted octanol–water partition coefficient (Wildman–Crippen LogP) is 4.91. The lowest BCUT2D eigenvalue weighted by Crippen LogP contribution is -2.31. The van der Waals surface area contributed by atoms with Crippen LogP contribution in [-0.4, -0.2) is 21.4 Å². The molecule has 2 aromatic rings. The maximum absolute atomic E-state index is 4.94. The van der Waals surface area contributed by atoms with Crippen molar-refractivity contribution in [1.29, 1.82) is 0 Å². The van der Waals surface area contributed by atoms with Crippen molar-refractivity contribution in [2.75, 3.05) is 6.54 Å². The van der Waals surface area contributed by atoms with Gasteiger partial charge in [-0.15, -0.1) is 11.3 Å². The lowest BCUT2D eigenvalue weighted by atomic mass is 9.88. The van der Waals surface area contributed by atoms with Gasteiger partial charge in [-0.2, -0.15) is 0 Å². The molecule has 3 heterocycles. The first-order chi connectivity index (χ1) is 11.3. The van der Waals surface area contributed by atoms with Crippen LogP contribution in [-0.2, 0) is 19.5 Å². The normalized spacial score (nSPS) is 19.7. The SMILES string of the molecule is Brc1csc(CN2CCc3nc(C4CCCCC4)ncc3C2)c1. The van der Waals surface area contributed by atoms with Gasteiger partial charge in [-0.1, -0.05) is 19.3 Å². The van der Waals surface area contributed by atoms with Crippen molar-refractivity contribution in [2.45, 2.75) is 57.5 Å². The van der Waals surface area contributed by atoms with Crippen LogP contribution in [0.15, 0.2) is 22.1 Å². The molecule has 0 N–H and O–H groups in total. The van der Waals surface area contributed by atoms with Gasteiger partial charge in [-0.05, 0) is 34.8 Å². The molecule has 122 valence electrons. The summed E-state index contributed by atoms with van der Waals surface area (Å²) in [5.41, 5.74) is 2.62. The van der Waals surface area contributed by atoms with E-state index in [9.17, 15) is 0 Å². The number of hydrogen-bond donors (Lipinski definition) is 0. The number of rotatable bonds is 3. The molecule has 0 spiro atoms. The molecular weight excluding hydrogens is 370 g/mol. The Bertz CT molecular complexity index is 679. The Morgan fingerprint density at radius 2 is 2.13 bits per heavy atom. The highest BCUT2D eigenvalue weighted by Gasteiger charge is 2.22. The fourth-order valence-corrected chi connectivity index (χ4v) is 5.23. The van der Waals surface area contributed by atoms with Crippen LogP contribution in [0, 0.1) is 0 Å². The Morgan fingerprint density at radius 3 is 2.91 bits per heavy atom. The molecule has 1 aliphatic carbocycles. The van der Waals surface area contributed by atoms with Gasteiger partial charge in [0.15, 0.2) is 0 Å². The first-order valence-corrected chi connectivity index (χ1v) is 10.2. The molecule has 0 unspecified atom stereocenters. The van der Waals surface area contributed by atoms with Crippen LogP contribution in [0.2, 0.25) is 0 Å². The third-order valence-corrected chi connectivity index (χ3v) is 6.69. The Morgan fingerprint density at radius 1 is 1.26 bits per heavy atom. The first-order valence-electron chi connectivity index (χ1n) is 8.58. The molecule has 0 bridgehead atoms. The second-order valence-electron chi connectivity index (χ2n) is 6.73. The summed E-state index contributed by atoms with van der Waals surface area (Å²) < 4.78 is 1.19. The van der Waals surface area contributed by atoms with Gasteiger partial charge in [0, 0.05) is 64.2 Å². The summed E-state index contributed by atoms with van der Waals surface area (Å²) in [5.74, 6) is 1.72. The van der Waals surface area contributed by atoms with E-state index in [1.165, 1.54) is 52.7 Å². The maximum atomic E-state index is 4.94. The molecule has 2 aromatic heterocycles. The number of halogens is 1. The summed E-state index contributed by atoms with van der Waals surface area (Å²) in [6.07, 6.45) is 9.78. The average Bonchev–Trinajstić information content (AvgIpc) is 3.00. The van der Waals surface area contributed by atoms with Crippen molar-refractivity contribution in [3.05, 3.63) is 44.1 Å². The van der Waals surface area contributed by atoms with E-state index in [0.717, 1.165) is 31.9 Å². The van der Waals surface area contributed by atoms with Crippen LogP contribution < -0.4 is 0 Å². The van der Waals surface area contributed by atoms with Gasteiger partial charge in [0.05, 0.1) is 0 Å². The number of nitrogens with zero attached hydrogens (tertiary/aromatic N) is 3. The van der Waals surface area contributed by atoms with Gasteiger partial charge >= 0.3 is 0 Å². The molecule has 5 heteroatoms. The lowest BCUT2D eigenvalue weighted by Gasteiger charge is -2.28. The van der Waals surface area contributed by atoms with Crippen LogP contribution in [0.25, 0.3) is 0 Å². The largest absolute Gasteiger partial charge is 0.293 e. The van der Waals surface area contributed by atoms with Gasteiger partial charge in [0.2, 0.25) is 0 Å². The number of thiophene rings is 1. The Labute approximate surface area is 150 Å². The van der Waals surface area contributed by atoms with Gasteiger partial charge < -0.3 is 0 Å². The second-order valence-corrected chi connectivity index (χ2v) is 8.64. The molecular formula is C18H22BrN3S. The Hall–Kier alpha value is -0.780. The van der Waals surface area contributed by atoms with Crippen molar-refractivity contribution in [3.63, 3.8) is 0 Å². The topological polar surface area (TPSA) is 29.0 Å². The minimum Gasteiger partial charge on any atom is -0.293 e. The van der Waals surface area contributed by atoms with Crippen molar-refractivity contribution in [3.8, 4) is 0 Å². The quantitative estimate of drug-likeness (QED) is 0.744. The summed E-state index contributed by atoms with van der Waals surface area (Å²) in [7, 11) is 0. The summed E-state index contributed by atoms with van der Waals surface area (Å²) in [6, 6.07) is 2.23. The van der Waals surface area contributed by atoms with E-state index in [-0.39, 0.29) is 0 Å². The van der Waals surface area contributed by atoms with Crippen LogP contribution in [0.1, 0.15) is 60.0 Å². The van der Waals surface area contributed by atoms with Crippen LogP contribution >= 0.6 is 27.3 Å². The van der Waals surface area contributed by atoms with E-state index in [4.69, 9.17) is 9.97 Å². The van der Waals surface area contributed by atoms with Crippen molar-refractivity contribution in [2.24, 2.45) is 0 Å². The molecule has 2 aliphatic rings. The zero-order valence-corrected chi connectivity index (χ0v) is 15.7. The molecule has 3 nitrogen and oxygen atoms in total. The van der Waals surface area contributed by atoms with E-state index in [1.807, 2.05) is 11.3 Å². The third-order valence-electron chi connectivity index (χ3n) is 5.00. The minimum absolute atomic E-state index is 0.607. The second kappa shape index (κ2) is 6.99. The maximum Gasteiger partial charge on any atom is 0.131 e. The summed E-state index contributed by atoms with van der Waals surface area (Å²) in [6.45, 7) is 3.11. The smallest absolute Gasteiger partial charge is 0.131 e. The molecule has 1 fully saturated rings. The van der Waals surface area contributed by atoms with E-state index in [2.05, 4.69) is 38.5 Å². The molecule has 23 heavy (non-hydrogen) atoms. The zero-order chi connectivity index (χ0) is 15.6. The van der Waals surface area contributed by atoms with Crippen LogP contribution in [0.4, 0.5) is 0 Å². The Kier molecular flexibility index (Phi) is 4.78.